The van der Waals surface area contributed by atoms with E-state index in [1.165, 1.54) is 12.1 Å². The molecule has 6 heteroatoms. The summed E-state index contributed by atoms with van der Waals surface area (Å²) in [5.74, 6) is 0.0648. The highest BCUT2D eigenvalue weighted by Crippen LogP contribution is 2.32. The van der Waals surface area contributed by atoms with Crippen LogP contribution in [0.2, 0.25) is 0 Å². The Morgan fingerprint density at radius 1 is 1.07 bits per heavy atom. The molecule has 0 spiro atoms. The Morgan fingerprint density at radius 3 is 2.14 bits per heavy atom. The van der Waals surface area contributed by atoms with Gasteiger partial charge in [-0.15, -0.1) is 0 Å². The van der Waals surface area contributed by atoms with Crippen molar-refractivity contribution >= 4 is 23.7 Å². The van der Waals surface area contributed by atoms with E-state index in [0.717, 1.165) is 28.8 Å². The second kappa shape index (κ2) is 8.97. The fourth-order valence-electron chi connectivity index (χ4n) is 2.91. The number of anilines is 1. The molecule has 4 nitrogen and oxygen atoms in total. The molecule has 0 atom stereocenters. The summed E-state index contributed by atoms with van der Waals surface area (Å²) in [7, 11) is 0. The molecule has 2 aromatic rings. The zero-order chi connectivity index (χ0) is 21.1. The van der Waals surface area contributed by atoms with Crippen molar-refractivity contribution in [2.75, 3.05) is 5.32 Å². The third kappa shape index (κ3) is 5.72. The highest BCUT2D eigenvalue weighted by molar-refractivity contribution is 7.98. The van der Waals surface area contributed by atoms with Gasteiger partial charge in [0.2, 0.25) is 0 Å². The minimum atomic E-state index is -1.16. The number of urea groups is 1. The lowest BCUT2D eigenvalue weighted by Crippen LogP contribution is -2.24. The Bertz CT molecular complexity index is 819. The SMILES string of the molecule is CC(C)c1cccc(C(C)C)c1NC(=O)NSc1cc(F)cc(C(C)(C)O)c1. The predicted molar refractivity (Wildman–Crippen MR) is 114 cm³/mol. The zero-order valence-electron chi connectivity index (χ0n) is 17.3. The number of carbonyl (C=O) groups excluding carboxylic acids is 1. The first kappa shape index (κ1) is 22.2. The summed E-state index contributed by atoms with van der Waals surface area (Å²) in [6.07, 6.45) is 0. The van der Waals surface area contributed by atoms with Gasteiger partial charge >= 0.3 is 6.03 Å². The van der Waals surface area contributed by atoms with Crippen LogP contribution in [-0.2, 0) is 5.60 Å². The summed E-state index contributed by atoms with van der Waals surface area (Å²) >= 11 is 1.01. The first-order valence-electron chi connectivity index (χ1n) is 9.39. The lowest BCUT2D eigenvalue weighted by atomic mass is 9.93. The van der Waals surface area contributed by atoms with Crippen LogP contribution in [0, 0.1) is 5.82 Å². The van der Waals surface area contributed by atoms with Crippen molar-refractivity contribution in [2.24, 2.45) is 0 Å². The average Bonchev–Trinajstić information content (AvgIpc) is 2.58. The van der Waals surface area contributed by atoms with Crippen LogP contribution in [0.1, 0.15) is 70.1 Å². The Labute approximate surface area is 171 Å². The normalized spacial score (nSPS) is 11.8. The van der Waals surface area contributed by atoms with Crippen molar-refractivity contribution in [1.29, 1.82) is 0 Å². The molecule has 0 heterocycles. The largest absolute Gasteiger partial charge is 0.386 e. The number of nitrogens with one attached hydrogen (secondary N) is 2. The number of amides is 2. The fraction of sp³-hybridized carbons (Fsp3) is 0.409. The number of hydrogen-bond donors (Lipinski definition) is 3. The molecule has 2 amide bonds. The van der Waals surface area contributed by atoms with Crippen molar-refractivity contribution in [3.8, 4) is 0 Å². The van der Waals surface area contributed by atoms with Gasteiger partial charge in [0, 0.05) is 10.6 Å². The van der Waals surface area contributed by atoms with E-state index in [9.17, 15) is 14.3 Å². The van der Waals surface area contributed by atoms with E-state index in [4.69, 9.17) is 0 Å². The maximum Gasteiger partial charge on any atom is 0.329 e. The molecule has 0 saturated heterocycles. The number of para-hydroxylation sites is 1. The van der Waals surface area contributed by atoms with Crippen molar-refractivity contribution in [2.45, 2.75) is 63.9 Å². The summed E-state index contributed by atoms with van der Waals surface area (Å²) in [6, 6.07) is 9.93. The molecule has 2 rings (SSSR count). The molecule has 2 aromatic carbocycles. The van der Waals surface area contributed by atoms with Gasteiger partial charge in [0.25, 0.3) is 0 Å². The molecule has 0 fully saturated rings. The Morgan fingerprint density at radius 2 is 1.64 bits per heavy atom. The molecule has 0 bridgehead atoms. The third-order valence-corrected chi connectivity index (χ3v) is 5.21. The molecule has 0 aromatic heterocycles. The molecule has 152 valence electrons. The van der Waals surface area contributed by atoms with Gasteiger partial charge in [0.05, 0.1) is 5.60 Å². The molecule has 0 aliphatic carbocycles. The standard InChI is InChI=1S/C22H29FN2O2S/c1-13(2)18-8-7-9-19(14(3)4)20(18)24-21(26)25-28-17-11-15(22(5,6)27)10-16(23)12-17/h7-14,27H,1-6H3,(H2,24,25,26). The minimum absolute atomic E-state index is 0.263. The fourth-order valence-corrected chi connectivity index (χ4v) is 3.53. The molecule has 0 aliphatic rings. The first-order chi connectivity index (χ1) is 13.0. The molecule has 3 N–H and O–H groups in total. The predicted octanol–water partition coefficient (Wildman–Crippen LogP) is 6.13. The van der Waals surface area contributed by atoms with Crippen molar-refractivity contribution in [3.63, 3.8) is 0 Å². The van der Waals surface area contributed by atoms with Gasteiger partial charge < -0.3 is 10.4 Å². The first-order valence-corrected chi connectivity index (χ1v) is 10.2. The second-order valence-corrected chi connectivity index (χ2v) is 8.89. The van der Waals surface area contributed by atoms with Gasteiger partial charge in [0.15, 0.2) is 0 Å². The lowest BCUT2D eigenvalue weighted by Gasteiger charge is -2.20. The number of benzene rings is 2. The van der Waals surface area contributed by atoms with Crippen LogP contribution in [-0.4, -0.2) is 11.1 Å². The Kier molecular flexibility index (Phi) is 7.12. The smallest absolute Gasteiger partial charge is 0.329 e. The Balaban J connectivity index is 2.17. The van der Waals surface area contributed by atoms with Gasteiger partial charge in [-0.25, -0.2) is 9.18 Å². The third-order valence-electron chi connectivity index (χ3n) is 4.45. The molecule has 0 aliphatic heterocycles. The summed E-state index contributed by atoms with van der Waals surface area (Å²) in [5, 5.41) is 13.1. The summed E-state index contributed by atoms with van der Waals surface area (Å²) in [4.78, 5) is 13.0. The van der Waals surface area contributed by atoms with Gasteiger partial charge in [-0.2, -0.15) is 0 Å². The van der Waals surface area contributed by atoms with E-state index in [2.05, 4.69) is 37.7 Å². The van der Waals surface area contributed by atoms with Crippen molar-refractivity contribution in [1.82, 2.24) is 4.72 Å². The van der Waals surface area contributed by atoms with Crippen LogP contribution in [0.15, 0.2) is 41.3 Å². The Hall–Kier alpha value is -2.05. The number of rotatable bonds is 6. The molecular formula is C22H29FN2O2S. The van der Waals surface area contributed by atoms with Crippen LogP contribution in [0.5, 0.6) is 0 Å². The monoisotopic (exact) mass is 404 g/mol. The number of hydrogen-bond acceptors (Lipinski definition) is 3. The minimum Gasteiger partial charge on any atom is -0.386 e. The van der Waals surface area contributed by atoms with E-state index in [0.29, 0.717) is 10.5 Å². The molecule has 0 unspecified atom stereocenters. The van der Waals surface area contributed by atoms with Gasteiger partial charge in [0.1, 0.15) is 5.82 Å². The molecule has 0 saturated carbocycles. The second-order valence-electron chi connectivity index (χ2n) is 8.01. The summed E-state index contributed by atoms with van der Waals surface area (Å²) in [6.45, 7) is 11.5. The molecule has 0 radical (unpaired) electrons. The molecular weight excluding hydrogens is 375 g/mol. The van der Waals surface area contributed by atoms with Crippen LogP contribution < -0.4 is 10.0 Å². The number of aliphatic hydroxyl groups is 1. The summed E-state index contributed by atoms with van der Waals surface area (Å²) < 4.78 is 16.6. The molecule has 28 heavy (non-hydrogen) atoms. The van der Waals surface area contributed by atoms with E-state index in [-0.39, 0.29) is 17.9 Å². The van der Waals surface area contributed by atoms with Gasteiger partial charge in [-0.1, -0.05) is 45.9 Å². The number of halogens is 1. The number of carbonyl (C=O) groups is 1. The maximum absolute atomic E-state index is 13.9. The maximum atomic E-state index is 13.9. The average molecular weight is 405 g/mol. The van der Waals surface area contributed by atoms with Crippen LogP contribution in [0.4, 0.5) is 14.9 Å². The van der Waals surface area contributed by atoms with Gasteiger partial charge in [-0.05, 0) is 72.5 Å². The van der Waals surface area contributed by atoms with Crippen LogP contribution >= 0.6 is 11.9 Å². The van der Waals surface area contributed by atoms with Crippen molar-refractivity contribution in [3.05, 3.63) is 58.9 Å². The quantitative estimate of drug-likeness (QED) is 0.508. The highest BCUT2D eigenvalue weighted by atomic mass is 32.2. The van der Waals surface area contributed by atoms with E-state index in [1.807, 2.05) is 18.2 Å². The van der Waals surface area contributed by atoms with Crippen LogP contribution in [0.3, 0.4) is 0 Å². The van der Waals surface area contributed by atoms with Gasteiger partial charge in [-0.3, -0.25) is 4.72 Å². The van der Waals surface area contributed by atoms with E-state index >= 15 is 0 Å². The zero-order valence-corrected chi connectivity index (χ0v) is 18.1. The lowest BCUT2D eigenvalue weighted by molar-refractivity contribution is 0.0780. The van der Waals surface area contributed by atoms with Crippen molar-refractivity contribution < 1.29 is 14.3 Å². The topological polar surface area (TPSA) is 61.4 Å². The highest BCUT2D eigenvalue weighted by Gasteiger charge is 2.19. The van der Waals surface area contributed by atoms with E-state index < -0.39 is 11.4 Å². The summed E-state index contributed by atoms with van der Waals surface area (Å²) in [5.41, 5.74) is 2.25. The van der Waals surface area contributed by atoms with E-state index in [1.54, 1.807) is 19.9 Å². The van der Waals surface area contributed by atoms with Crippen LogP contribution in [0.25, 0.3) is 0 Å².